The van der Waals surface area contributed by atoms with E-state index < -0.39 is 23.5 Å². The second-order valence-corrected chi connectivity index (χ2v) is 8.36. The molecule has 0 saturated carbocycles. The summed E-state index contributed by atoms with van der Waals surface area (Å²) in [5.74, 6) is -0.168. The Morgan fingerprint density at radius 1 is 1.29 bits per heavy atom. The number of aromatic nitrogens is 2. The van der Waals surface area contributed by atoms with Crippen LogP contribution in [-0.2, 0) is 17.5 Å². The number of nitrogens with one attached hydrogen (secondary N) is 1. The zero-order valence-electron chi connectivity index (χ0n) is 17.6. The molecule has 31 heavy (non-hydrogen) atoms. The first kappa shape index (κ1) is 22.8. The SMILES string of the molecule is CC(C)(CCn1nc(-c2ccccc2)cc1C(F)(F)F)NCC(=O)N1CCC[C@H]1C#N. The van der Waals surface area contributed by atoms with Gasteiger partial charge in [0.2, 0.25) is 5.91 Å². The fourth-order valence-electron chi connectivity index (χ4n) is 3.66. The molecule has 1 aromatic carbocycles. The Morgan fingerprint density at radius 2 is 2.00 bits per heavy atom. The molecule has 0 bridgehead atoms. The van der Waals surface area contributed by atoms with Crippen molar-refractivity contribution >= 4 is 5.91 Å². The summed E-state index contributed by atoms with van der Waals surface area (Å²) in [6.07, 6.45) is -2.71. The Hall–Kier alpha value is -2.86. The molecule has 1 aliphatic rings. The highest BCUT2D eigenvalue weighted by Crippen LogP contribution is 2.33. The van der Waals surface area contributed by atoms with Crippen molar-refractivity contribution < 1.29 is 18.0 Å². The maximum absolute atomic E-state index is 13.5. The van der Waals surface area contributed by atoms with Gasteiger partial charge < -0.3 is 10.2 Å². The largest absolute Gasteiger partial charge is 0.433 e. The van der Waals surface area contributed by atoms with E-state index in [0.717, 1.165) is 17.2 Å². The van der Waals surface area contributed by atoms with E-state index in [9.17, 15) is 18.0 Å². The highest BCUT2D eigenvalue weighted by molar-refractivity contribution is 5.79. The van der Waals surface area contributed by atoms with Gasteiger partial charge in [0, 0.05) is 24.2 Å². The monoisotopic (exact) mass is 433 g/mol. The molecule has 1 N–H and O–H groups in total. The third kappa shape index (κ3) is 5.64. The van der Waals surface area contributed by atoms with Crippen LogP contribution in [0.1, 0.15) is 38.8 Å². The second-order valence-electron chi connectivity index (χ2n) is 8.36. The van der Waals surface area contributed by atoms with Gasteiger partial charge in [-0.1, -0.05) is 30.3 Å². The number of nitriles is 1. The van der Waals surface area contributed by atoms with Crippen LogP contribution in [0.4, 0.5) is 13.2 Å². The minimum absolute atomic E-state index is 0.0334. The number of benzene rings is 1. The van der Waals surface area contributed by atoms with Crippen LogP contribution in [0, 0.1) is 11.3 Å². The number of carbonyl (C=O) groups is 1. The molecule has 1 aliphatic heterocycles. The van der Waals surface area contributed by atoms with Gasteiger partial charge in [-0.05, 0) is 39.2 Å². The summed E-state index contributed by atoms with van der Waals surface area (Å²) in [6.45, 7) is 4.30. The minimum atomic E-state index is -4.52. The van der Waals surface area contributed by atoms with Crippen LogP contribution in [0.15, 0.2) is 36.4 Å². The molecule has 0 aliphatic carbocycles. The fraction of sp³-hybridized carbons (Fsp3) is 0.500. The van der Waals surface area contributed by atoms with E-state index in [0.29, 0.717) is 24.9 Å². The summed E-state index contributed by atoms with van der Waals surface area (Å²) in [5.41, 5.74) is -0.510. The summed E-state index contributed by atoms with van der Waals surface area (Å²) in [4.78, 5) is 14.0. The van der Waals surface area contributed by atoms with E-state index in [-0.39, 0.29) is 24.7 Å². The Morgan fingerprint density at radius 3 is 2.65 bits per heavy atom. The number of hydrogen-bond acceptors (Lipinski definition) is 4. The third-order valence-electron chi connectivity index (χ3n) is 5.53. The van der Waals surface area contributed by atoms with Gasteiger partial charge in [-0.25, -0.2) is 0 Å². The normalized spacial score (nSPS) is 17.0. The number of nitrogens with zero attached hydrogens (tertiary/aromatic N) is 4. The highest BCUT2D eigenvalue weighted by atomic mass is 19.4. The Labute approximate surface area is 179 Å². The first-order valence-electron chi connectivity index (χ1n) is 10.3. The van der Waals surface area contributed by atoms with Crippen LogP contribution in [0.2, 0.25) is 0 Å². The van der Waals surface area contributed by atoms with Crippen molar-refractivity contribution in [1.82, 2.24) is 20.0 Å². The van der Waals surface area contributed by atoms with Gasteiger partial charge in [-0.2, -0.15) is 23.5 Å². The predicted molar refractivity (Wildman–Crippen MR) is 110 cm³/mol. The first-order valence-corrected chi connectivity index (χ1v) is 10.3. The molecule has 0 radical (unpaired) electrons. The van der Waals surface area contributed by atoms with Crippen molar-refractivity contribution in [2.45, 2.75) is 57.4 Å². The molecule has 1 amide bonds. The molecule has 0 unspecified atom stereocenters. The van der Waals surface area contributed by atoms with Gasteiger partial charge in [-0.15, -0.1) is 0 Å². The Balaban J connectivity index is 1.66. The van der Waals surface area contributed by atoms with Crippen molar-refractivity contribution in [3.63, 3.8) is 0 Å². The number of hydrogen-bond donors (Lipinski definition) is 1. The number of aryl methyl sites for hydroxylation is 1. The lowest BCUT2D eigenvalue weighted by atomic mass is 10.0. The van der Waals surface area contributed by atoms with E-state index >= 15 is 0 Å². The molecule has 2 heterocycles. The van der Waals surface area contributed by atoms with Crippen LogP contribution in [0.25, 0.3) is 11.3 Å². The van der Waals surface area contributed by atoms with Crippen molar-refractivity contribution in [2.24, 2.45) is 0 Å². The van der Waals surface area contributed by atoms with Crippen LogP contribution < -0.4 is 5.32 Å². The van der Waals surface area contributed by atoms with Gasteiger partial charge in [-0.3, -0.25) is 9.48 Å². The number of likely N-dealkylation sites (tertiary alicyclic amines) is 1. The van der Waals surface area contributed by atoms with E-state index in [1.54, 1.807) is 35.2 Å². The molecular weight excluding hydrogens is 407 g/mol. The number of rotatable bonds is 7. The maximum Gasteiger partial charge on any atom is 0.433 e. The van der Waals surface area contributed by atoms with Crippen molar-refractivity contribution in [3.8, 4) is 17.3 Å². The number of alkyl halides is 3. The Bertz CT molecular complexity index is 946. The van der Waals surface area contributed by atoms with Gasteiger partial charge in [0.15, 0.2) is 0 Å². The van der Waals surface area contributed by atoms with Crippen molar-refractivity contribution in [3.05, 3.63) is 42.1 Å². The fourth-order valence-corrected chi connectivity index (χ4v) is 3.66. The molecule has 9 heteroatoms. The highest BCUT2D eigenvalue weighted by Gasteiger charge is 2.36. The third-order valence-corrected chi connectivity index (χ3v) is 5.53. The van der Waals surface area contributed by atoms with E-state index in [1.165, 1.54) is 0 Å². The lowest BCUT2D eigenvalue weighted by molar-refractivity contribution is -0.144. The first-order chi connectivity index (χ1) is 14.6. The molecule has 3 rings (SSSR count). The van der Waals surface area contributed by atoms with E-state index in [2.05, 4.69) is 16.5 Å². The molecule has 1 fully saturated rings. The van der Waals surface area contributed by atoms with Crippen LogP contribution >= 0.6 is 0 Å². The van der Waals surface area contributed by atoms with Gasteiger partial charge in [0.25, 0.3) is 0 Å². The molecule has 166 valence electrons. The van der Waals surface area contributed by atoms with Crippen LogP contribution in [-0.4, -0.2) is 45.3 Å². The van der Waals surface area contributed by atoms with Crippen LogP contribution in [0.3, 0.4) is 0 Å². The average molecular weight is 433 g/mol. The number of amides is 1. The minimum Gasteiger partial charge on any atom is -0.326 e. The smallest absolute Gasteiger partial charge is 0.326 e. The van der Waals surface area contributed by atoms with E-state index in [4.69, 9.17) is 5.26 Å². The molecular formula is C22H26F3N5O. The Kier molecular flexibility index (Phi) is 6.70. The van der Waals surface area contributed by atoms with E-state index in [1.807, 2.05) is 13.8 Å². The van der Waals surface area contributed by atoms with Crippen molar-refractivity contribution in [1.29, 1.82) is 5.26 Å². The van der Waals surface area contributed by atoms with Gasteiger partial charge in [0.05, 0.1) is 18.3 Å². The molecule has 1 aromatic heterocycles. The molecule has 0 spiro atoms. The lowest BCUT2D eigenvalue weighted by Gasteiger charge is -2.28. The lowest BCUT2D eigenvalue weighted by Crippen LogP contribution is -2.48. The second kappa shape index (κ2) is 9.10. The standard InChI is InChI=1S/C22H26F3N5O/c1-21(2,27-15-20(31)29-11-6-9-17(29)14-26)10-12-30-19(22(23,24)25)13-18(28-30)16-7-4-3-5-8-16/h3-5,7-8,13,17,27H,6,9-12,15H2,1-2H3/t17-/m0/s1. The number of halogens is 3. The number of carbonyl (C=O) groups excluding carboxylic acids is 1. The van der Waals surface area contributed by atoms with Gasteiger partial charge >= 0.3 is 6.18 Å². The summed E-state index contributed by atoms with van der Waals surface area (Å²) in [7, 11) is 0. The zero-order chi connectivity index (χ0) is 22.6. The van der Waals surface area contributed by atoms with Gasteiger partial charge in [0.1, 0.15) is 11.7 Å². The summed E-state index contributed by atoms with van der Waals surface area (Å²) < 4.78 is 41.6. The summed E-state index contributed by atoms with van der Waals surface area (Å²) in [5, 5.41) is 16.4. The molecule has 1 saturated heterocycles. The maximum atomic E-state index is 13.5. The quantitative estimate of drug-likeness (QED) is 0.720. The topological polar surface area (TPSA) is 74.0 Å². The average Bonchev–Trinajstić information content (AvgIpc) is 3.38. The molecule has 1 atom stereocenters. The van der Waals surface area contributed by atoms with Crippen molar-refractivity contribution in [2.75, 3.05) is 13.1 Å². The molecule has 6 nitrogen and oxygen atoms in total. The summed E-state index contributed by atoms with van der Waals surface area (Å²) >= 11 is 0. The van der Waals surface area contributed by atoms with Crippen LogP contribution in [0.5, 0.6) is 0 Å². The molecule has 2 aromatic rings. The zero-order valence-corrected chi connectivity index (χ0v) is 17.6. The predicted octanol–water partition coefficient (Wildman–Crippen LogP) is 3.84. The summed E-state index contributed by atoms with van der Waals surface area (Å²) in [6, 6.07) is 11.5.